The first-order valence-electron chi connectivity index (χ1n) is 6.25. The van der Waals surface area contributed by atoms with Gasteiger partial charge in [-0.1, -0.05) is 6.92 Å². The van der Waals surface area contributed by atoms with Gasteiger partial charge in [-0.25, -0.2) is 4.98 Å². The largest absolute Gasteiger partial charge is 0.380 e. The van der Waals surface area contributed by atoms with Gasteiger partial charge in [-0.15, -0.1) is 0 Å². The number of nitrogens with zero attached hydrogens (tertiary/aromatic N) is 3. The van der Waals surface area contributed by atoms with Crippen LogP contribution in [0, 0.1) is 12.3 Å². The monoisotopic (exact) mass is 251 g/mol. The van der Waals surface area contributed by atoms with Crippen LogP contribution in [0.1, 0.15) is 25.7 Å². The third-order valence-electron chi connectivity index (χ3n) is 3.53. The molecule has 1 amide bonds. The average molecular weight is 251 g/mol. The number of hydrogen-bond donors (Lipinski definition) is 0. The highest BCUT2D eigenvalue weighted by Crippen LogP contribution is 2.27. The molecule has 0 radical (unpaired) electrons. The van der Waals surface area contributed by atoms with E-state index >= 15 is 0 Å². The lowest BCUT2D eigenvalue weighted by atomic mass is 9.88. The van der Waals surface area contributed by atoms with E-state index in [1.165, 1.54) is 0 Å². The lowest BCUT2D eigenvalue weighted by molar-refractivity contribution is -0.144. The van der Waals surface area contributed by atoms with E-state index in [-0.39, 0.29) is 17.4 Å². The molecule has 1 fully saturated rings. The van der Waals surface area contributed by atoms with Crippen LogP contribution in [0.25, 0.3) is 0 Å². The third kappa shape index (κ3) is 2.41. The van der Waals surface area contributed by atoms with Crippen LogP contribution >= 0.6 is 0 Å². The molecule has 2 heterocycles. The number of aryl methyl sites for hydroxylation is 1. The zero-order valence-electron chi connectivity index (χ0n) is 11.5. The summed E-state index contributed by atoms with van der Waals surface area (Å²) in [6.45, 7) is 8.18. The van der Waals surface area contributed by atoms with Gasteiger partial charge in [0.05, 0.1) is 13.2 Å². The number of carbonyl (C=O) groups excluding carboxylic acids is 1. The number of ether oxygens (including phenoxy) is 1. The Morgan fingerprint density at radius 2 is 2.33 bits per heavy atom. The number of hydrogen-bond acceptors (Lipinski definition) is 3. The summed E-state index contributed by atoms with van der Waals surface area (Å²) in [7, 11) is 1.86. The molecule has 0 saturated carbocycles. The second-order valence-electron chi connectivity index (χ2n) is 5.56. The van der Waals surface area contributed by atoms with Gasteiger partial charge in [0.1, 0.15) is 11.9 Å². The highest BCUT2D eigenvalue weighted by Gasteiger charge is 2.36. The third-order valence-corrected chi connectivity index (χ3v) is 3.53. The second-order valence-corrected chi connectivity index (χ2v) is 5.56. The van der Waals surface area contributed by atoms with Gasteiger partial charge in [0.2, 0.25) is 5.91 Å². The van der Waals surface area contributed by atoms with Crippen molar-refractivity contribution in [1.82, 2.24) is 14.5 Å². The average Bonchev–Trinajstić information content (AvgIpc) is 2.71. The molecule has 0 aromatic carbocycles. The predicted molar refractivity (Wildman–Crippen MR) is 68.2 cm³/mol. The van der Waals surface area contributed by atoms with Crippen LogP contribution in [-0.2, 0) is 9.53 Å². The Balaban J connectivity index is 2.00. The molecule has 0 spiro atoms. The van der Waals surface area contributed by atoms with Crippen LogP contribution in [0.5, 0.6) is 0 Å². The SMILES string of the molecule is Cc1nccn1[C@H](C)C(=O)N(C)CC1(C)COC1. The molecule has 1 aromatic heterocycles. The number of imidazole rings is 1. The fourth-order valence-corrected chi connectivity index (χ4v) is 2.43. The Morgan fingerprint density at radius 1 is 1.67 bits per heavy atom. The van der Waals surface area contributed by atoms with Gasteiger partial charge < -0.3 is 14.2 Å². The summed E-state index contributed by atoms with van der Waals surface area (Å²) in [5.74, 6) is 0.978. The number of amides is 1. The van der Waals surface area contributed by atoms with Crippen molar-refractivity contribution in [2.75, 3.05) is 26.8 Å². The zero-order chi connectivity index (χ0) is 13.3. The molecule has 1 aromatic rings. The number of rotatable bonds is 4. The van der Waals surface area contributed by atoms with Gasteiger partial charge in [0.15, 0.2) is 0 Å². The summed E-state index contributed by atoms with van der Waals surface area (Å²) >= 11 is 0. The lowest BCUT2D eigenvalue weighted by Gasteiger charge is -2.41. The Hall–Kier alpha value is -1.36. The molecule has 0 aliphatic carbocycles. The van der Waals surface area contributed by atoms with E-state index in [9.17, 15) is 4.79 Å². The minimum Gasteiger partial charge on any atom is -0.380 e. The van der Waals surface area contributed by atoms with E-state index < -0.39 is 0 Å². The molecule has 5 nitrogen and oxygen atoms in total. The van der Waals surface area contributed by atoms with Crippen molar-refractivity contribution in [2.24, 2.45) is 5.41 Å². The van der Waals surface area contributed by atoms with Crippen molar-refractivity contribution in [2.45, 2.75) is 26.8 Å². The van der Waals surface area contributed by atoms with E-state index in [1.54, 1.807) is 11.1 Å². The second kappa shape index (κ2) is 4.72. The molecule has 0 bridgehead atoms. The van der Waals surface area contributed by atoms with E-state index in [4.69, 9.17) is 4.74 Å². The van der Waals surface area contributed by atoms with E-state index in [0.29, 0.717) is 0 Å². The maximum atomic E-state index is 12.3. The maximum Gasteiger partial charge on any atom is 0.245 e. The summed E-state index contributed by atoms with van der Waals surface area (Å²) in [6, 6.07) is -0.206. The van der Waals surface area contributed by atoms with E-state index in [2.05, 4.69) is 11.9 Å². The van der Waals surface area contributed by atoms with Crippen LogP contribution in [0.2, 0.25) is 0 Å². The molecule has 1 aliphatic rings. The summed E-state index contributed by atoms with van der Waals surface area (Å²) in [5, 5.41) is 0. The number of aromatic nitrogens is 2. The van der Waals surface area contributed by atoms with Gasteiger partial charge in [-0.2, -0.15) is 0 Å². The van der Waals surface area contributed by atoms with Crippen molar-refractivity contribution >= 4 is 5.91 Å². The predicted octanol–water partition coefficient (Wildman–Crippen LogP) is 1.25. The lowest BCUT2D eigenvalue weighted by Crippen LogP contribution is -2.50. The number of carbonyl (C=O) groups is 1. The highest BCUT2D eigenvalue weighted by atomic mass is 16.5. The number of likely N-dealkylation sites (N-methyl/N-ethyl adjacent to an activating group) is 1. The normalized spacial score (nSPS) is 19.1. The van der Waals surface area contributed by atoms with Gasteiger partial charge in [0.25, 0.3) is 0 Å². The van der Waals surface area contributed by atoms with Crippen molar-refractivity contribution in [3.8, 4) is 0 Å². The molecule has 0 N–H and O–H groups in total. The minimum absolute atomic E-state index is 0.115. The molecule has 1 saturated heterocycles. The summed E-state index contributed by atoms with van der Waals surface area (Å²) in [4.78, 5) is 18.3. The van der Waals surface area contributed by atoms with Crippen molar-refractivity contribution in [3.63, 3.8) is 0 Å². The Kier molecular flexibility index (Phi) is 3.43. The zero-order valence-corrected chi connectivity index (χ0v) is 11.5. The molecule has 2 rings (SSSR count). The van der Waals surface area contributed by atoms with Crippen molar-refractivity contribution in [1.29, 1.82) is 0 Å². The smallest absolute Gasteiger partial charge is 0.245 e. The van der Waals surface area contributed by atoms with Crippen LogP contribution < -0.4 is 0 Å². The van der Waals surface area contributed by atoms with Gasteiger partial charge >= 0.3 is 0 Å². The molecule has 18 heavy (non-hydrogen) atoms. The van der Waals surface area contributed by atoms with Crippen LogP contribution in [0.4, 0.5) is 0 Å². The summed E-state index contributed by atoms with van der Waals surface area (Å²) in [5.41, 5.74) is 0.119. The highest BCUT2D eigenvalue weighted by molar-refractivity contribution is 5.80. The van der Waals surface area contributed by atoms with Crippen molar-refractivity contribution in [3.05, 3.63) is 18.2 Å². The van der Waals surface area contributed by atoms with E-state index in [1.807, 2.05) is 31.7 Å². The van der Waals surface area contributed by atoms with Gasteiger partial charge in [-0.05, 0) is 13.8 Å². The molecular weight excluding hydrogens is 230 g/mol. The first-order valence-corrected chi connectivity index (χ1v) is 6.25. The fraction of sp³-hybridized carbons (Fsp3) is 0.692. The van der Waals surface area contributed by atoms with Gasteiger partial charge in [-0.3, -0.25) is 4.79 Å². The van der Waals surface area contributed by atoms with Crippen molar-refractivity contribution < 1.29 is 9.53 Å². The van der Waals surface area contributed by atoms with E-state index in [0.717, 1.165) is 25.6 Å². The molecule has 100 valence electrons. The van der Waals surface area contributed by atoms with Gasteiger partial charge in [0, 0.05) is 31.4 Å². The summed E-state index contributed by atoms with van der Waals surface area (Å²) < 4.78 is 7.12. The molecule has 5 heteroatoms. The Morgan fingerprint density at radius 3 is 2.78 bits per heavy atom. The first-order chi connectivity index (χ1) is 8.43. The van der Waals surface area contributed by atoms with Crippen LogP contribution in [0.15, 0.2) is 12.4 Å². The maximum absolute atomic E-state index is 12.3. The Bertz CT molecular complexity index is 437. The van der Waals surface area contributed by atoms with Crippen LogP contribution in [0.3, 0.4) is 0 Å². The quantitative estimate of drug-likeness (QED) is 0.809. The topological polar surface area (TPSA) is 47.4 Å². The standard InChI is InChI=1S/C13H21N3O2/c1-10(16-6-5-14-11(16)2)12(17)15(4)7-13(3)8-18-9-13/h5-6,10H,7-9H2,1-4H3/t10-/m1/s1. The van der Waals surface area contributed by atoms with Crippen LogP contribution in [-0.4, -0.2) is 47.2 Å². The first kappa shape index (κ1) is 13.1. The molecule has 1 atom stereocenters. The molecular formula is C13H21N3O2. The fourth-order valence-electron chi connectivity index (χ4n) is 2.43. The minimum atomic E-state index is -0.206. The molecule has 0 unspecified atom stereocenters. The molecule has 1 aliphatic heterocycles. The Labute approximate surface area is 108 Å². The summed E-state index contributed by atoms with van der Waals surface area (Å²) in [6.07, 6.45) is 3.57.